The van der Waals surface area contributed by atoms with Crippen LogP contribution in [0.1, 0.15) is 5.69 Å². The highest BCUT2D eigenvalue weighted by atomic mass is 79.9. The molecule has 142 valence electrons. The maximum Gasteiger partial charge on any atom is 0.274 e. The molecule has 0 aliphatic heterocycles. The third kappa shape index (κ3) is 5.70. The molecule has 0 bridgehead atoms. The Balaban J connectivity index is 2.04. The van der Waals surface area contributed by atoms with Crippen molar-refractivity contribution >= 4 is 43.5 Å². The van der Waals surface area contributed by atoms with Crippen LogP contribution in [0.25, 0.3) is 0 Å². The fourth-order valence-electron chi connectivity index (χ4n) is 1.84. The molecule has 0 aliphatic rings. The van der Waals surface area contributed by atoms with Gasteiger partial charge in [0.25, 0.3) is 10.2 Å². The van der Waals surface area contributed by atoms with Crippen molar-refractivity contribution in [1.29, 1.82) is 5.41 Å². The zero-order valence-corrected chi connectivity index (χ0v) is 15.4. The van der Waals surface area contributed by atoms with Gasteiger partial charge < -0.3 is 15.7 Å². The molecule has 0 aliphatic carbocycles. The minimum Gasteiger partial charge on any atom is -0.395 e. The molecule has 0 saturated carbocycles. The molecule has 0 spiro atoms. The second kappa shape index (κ2) is 8.50. The Bertz CT molecular complexity index is 891. The molecule has 0 radical (unpaired) electrons. The summed E-state index contributed by atoms with van der Waals surface area (Å²) in [6, 6.07) is 3.14. The lowest BCUT2D eigenvalue weighted by Crippen LogP contribution is -2.45. The number of aliphatic hydroxyl groups is 1. The minimum atomic E-state index is -4.00. The number of amidine groups is 1. The maximum absolute atomic E-state index is 13.2. The van der Waals surface area contributed by atoms with Crippen LogP contribution < -0.4 is 20.5 Å². The third-order valence-electron chi connectivity index (χ3n) is 2.98. The Morgan fingerprint density at radius 3 is 2.81 bits per heavy atom. The summed E-state index contributed by atoms with van der Waals surface area (Å²) in [5.74, 6) is -0.615. The number of halogens is 2. The zero-order chi connectivity index (χ0) is 19.3. The van der Waals surface area contributed by atoms with Crippen molar-refractivity contribution in [2.24, 2.45) is 5.14 Å². The summed E-state index contributed by atoms with van der Waals surface area (Å²) in [4.78, 5) is 0. The van der Waals surface area contributed by atoms with E-state index in [4.69, 9.17) is 15.7 Å². The standard InChI is InChI=1S/C12H15BrFN7O4S/c13-8-3-6(1-2-9(8)14)18-11(15)10-12(20-25-19-10)17-4-7(5-22)21-26(16,23)24/h1-3,7,21-22H,4-5H2,(H2,15,18)(H,17,20)(H2,16,23,24). The smallest absolute Gasteiger partial charge is 0.274 e. The van der Waals surface area contributed by atoms with Crippen LogP contribution in [0.5, 0.6) is 0 Å². The Hall–Kier alpha value is -2.13. The molecule has 2 rings (SSSR count). The summed E-state index contributed by atoms with van der Waals surface area (Å²) in [7, 11) is -4.00. The lowest BCUT2D eigenvalue weighted by Gasteiger charge is -2.15. The van der Waals surface area contributed by atoms with Gasteiger partial charge in [-0.3, -0.25) is 5.41 Å². The predicted molar refractivity (Wildman–Crippen MR) is 94.5 cm³/mol. The average Bonchev–Trinajstić information content (AvgIpc) is 3.02. The number of nitrogens with one attached hydrogen (secondary N) is 4. The Morgan fingerprint density at radius 2 is 2.19 bits per heavy atom. The van der Waals surface area contributed by atoms with Crippen LogP contribution in [-0.4, -0.2) is 48.9 Å². The lowest BCUT2D eigenvalue weighted by molar-refractivity contribution is 0.261. The molecule has 14 heteroatoms. The van der Waals surface area contributed by atoms with Crippen LogP contribution in [0.2, 0.25) is 0 Å². The van der Waals surface area contributed by atoms with E-state index in [1.54, 1.807) is 0 Å². The van der Waals surface area contributed by atoms with E-state index in [2.05, 4.69) is 41.5 Å². The van der Waals surface area contributed by atoms with Crippen molar-refractivity contribution in [3.8, 4) is 0 Å². The second-order valence-corrected chi connectivity index (χ2v) is 7.19. The minimum absolute atomic E-state index is 0.00209. The van der Waals surface area contributed by atoms with Crippen LogP contribution in [0.3, 0.4) is 0 Å². The van der Waals surface area contributed by atoms with Gasteiger partial charge >= 0.3 is 0 Å². The molecular formula is C12H15BrFN7O4S. The first kappa shape index (κ1) is 20.2. The number of aromatic nitrogens is 2. The Labute approximate surface area is 155 Å². The largest absolute Gasteiger partial charge is 0.395 e. The van der Waals surface area contributed by atoms with Crippen molar-refractivity contribution in [3.05, 3.63) is 34.2 Å². The monoisotopic (exact) mass is 451 g/mol. The number of rotatable bonds is 8. The van der Waals surface area contributed by atoms with E-state index in [9.17, 15) is 12.8 Å². The molecule has 1 aromatic heterocycles. The highest BCUT2D eigenvalue weighted by Crippen LogP contribution is 2.21. The van der Waals surface area contributed by atoms with Gasteiger partial charge in [-0.05, 0) is 44.4 Å². The lowest BCUT2D eigenvalue weighted by atomic mass is 10.3. The predicted octanol–water partition coefficient (Wildman–Crippen LogP) is -0.0254. The highest BCUT2D eigenvalue weighted by Gasteiger charge is 2.19. The number of hydrogen-bond acceptors (Lipinski definition) is 8. The van der Waals surface area contributed by atoms with Crippen LogP contribution >= 0.6 is 15.9 Å². The molecule has 26 heavy (non-hydrogen) atoms. The summed E-state index contributed by atoms with van der Waals surface area (Å²) in [6.45, 7) is -0.618. The molecular weight excluding hydrogens is 437 g/mol. The second-order valence-electron chi connectivity index (χ2n) is 5.01. The van der Waals surface area contributed by atoms with Gasteiger partial charge in [0.1, 0.15) is 5.82 Å². The summed E-state index contributed by atoms with van der Waals surface area (Å²) in [6.07, 6.45) is 0. The molecule has 2 aromatic rings. The summed E-state index contributed by atoms with van der Waals surface area (Å²) in [5.41, 5.74) is 0.416. The SMILES string of the molecule is N=C(Nc1ccc(F)c(Br)c1)c1nonc1NCC(CO)NS(N)(=O)=O. The molecule has 1 aromatic carbocycles. The first-order valence-corrected chi connectivity index (χ1v) is 9.32. The summed E-state index contributed by atoms with van der Waals surface area (Å²) < 4.78 is 42.1. The fraction of sp³-hybridized carbons (Fsp3) is 0.250. The van der Waals surface area contributed by atoms with E-state index in [-0.39, 0.29) is 28.4 Å². The van der Waals surface area contributed by atoms with Gasteiger partial charge in [-0.1, -0.05) is 0 Å². The molecule has 7 N–H and O–H groups in total. The van der Waals surface area contributed by atoms with Crippen LogP contribution in [0.4, 0.5) is 15.9 Å². The summed E-state index contributed by atoms with van der Waals surface area (Å²) in [5, 5.41) is 34.6. The third-order valence-corrected chi connectivity index (χ3v) is 4.25. The van der Waals surface area contributed by atoms with E-state index in [0.29, 0.717) is 5.69 Å². The normalized spacial score (nSPS) is 12.6. The van der Waals surface area contributed by atoms with Gasteiger partial charge in [0.2, 0.25) is 5.82 Å². The number of anilines is 2. The molecule has 0 saturated heterocycles. The van der Waals surface area contributed by atoms with E-state index in [1.165, 1.54) is 18.2 Å². The molecule has 1 heterocycles. The summed E-state index contributed by atoms with van der Waals surface area (Å²) >= 11 is 3.04. The molecule has 0 fully saturated rings. The maximum atomic E-state index is 13.2. The average molecular weight is 452 g/mol. The molecule has 1 unspecified atom stereocenters. The van der Waals surface area contributed by atoms with Crippen molar-refractivity contribution in [3.63, 3.8) is 0 Å². The fourth-order valence-corrected chi connectivity index (χ4v) is 2.84. The van der Waals surface area contributed by atoms with Gasteiger partial charge in [0.05, 0.1) is 17.1 Å². The first-order valence-electron chi connectivity index (χ1n) is 6.98. The zero-order valence-electron chi connectivity index (χ0n) is 13.0. The van der Waals surface area contributed by atoms with Gasteiger partial charge in [0.15, 0.2) is 11.5 Å². The van der Waals surface area contributed by atoms with Crippen molar-refractivity contribution in [2.75, 3.05) is 23.8 Å². The van der Waals surface area contributed by atoms with Crippen molar-refractivity contribution in [1.82, 2.24) is 15.0 Å². The Kier molecular flexibility index (Phi) is 6.60. The van der Waals surface area contributed by atoms with E-state index in [1.807, 2.05) is 4.72 Å². The van der Waals surface area contributed by atoms with E-state index >= 15 is 0 Å². The topological polar surface area (TPSA) is 179 Å². The highest BCUT2D eigenvalue weighted by molar-refractivity contribution is 9.10. The molecule has 11 nitrogen and oxygen atoms in total. The van der Waals surface area contributed by atoms with Crippen LogP contribution in [0, 0.1) is 11.2 Å². The van der Waals surface area contributed by atoms with Crippen LogP contribution in [-0.2, 0) is 10.2 Å². The van der Waals surface area contributed by atoms with Gasteiger partial charge in [0, 0.05) is 12.2 Å². The molecule has 1 atom stereocenters. The van der Waals surface area contributed by atoms with Crippen molar-refractivity contribution in [2.45, 2.75) is 6.04 Å². The number of nitrogens with zero attached hydrogens (tertiary/aromatic N) is 2. The number of nitrogens with two attached hydrogens (primary N) is 1. The number of aliphatic hydroxyl groups excluding tert-OH is 1. The number of benzene rings is 1. The van der Waals surface area contributed by atoms with Crippen LogP contribution in [0.15, 0.2) is 27.3 Å². The number of hydrogen-bond donors (Lipinski definition) is 6. The molecule has 0 amide bonds. The van der Waals surface area contributed by atoms with Gasteiger partial charge in [-0.15, -0.1) is 0 Å². The Morgan fingerprint density at radius 1 is 1.46 bits per heavy atom. The van der Waals surface area contributed by atoms with E-state index in [0.717, 1.165) is 0 Å². The van der Waals surface area contributed by atoms with E-state index < -0.39 is 28.7 Å². The van der Waals surface area contributed by atoms with Crippen molar-refractivity contribution < 1.29 is 22.5 Å². The quantitative estimate of drug-likeness (QED) is 0.239. The first-order chi connectivity index (χ1) is 12.2. The van der Waals surface area contributed by atoms with Gasteiger partial charge in [-0.25, -0.2) is 14.2 Å². The van der Waals surface area contributed by atoms with Gasteiger partial charge in [-0.2, -0.15) is 13.1 Å².